The molecule has 0 amide bonds. The summed E-state index contributed by atoms with van der Waals surface area (Å²) in [5.41, 5.74) is 1.10. The van der Waals surface area contributed by atoms with Crippen molar-refractivity contribution in [2.75, 3.05) is 0 Å². The molecule has 0 fully saturated rings. The molecule has 1 rings (SSSR count). The van der Waals surface area contributed by atoms with Gasteiger partial charge in [-0.3, -0.25) is 4.98 Å². The minimum Gasteiger partial charge on any atom is -0.261 e. The van der Waals surface area contributed by atoms with Crippen molar-refractivity contribution in [2.45, 2.75) is 26.2 Å². The summed E-state index contributed by atoms with van der Waals surface area (Å²) in [7, 11) is 0. The molecule has 0 saturated heterocycles. The molecule has 1 heterocycles. The monoisotopic (exact) mass is 148 g/mol. The van der Waals surface area contributed by atoms with Crippen molar-refractivity contribution in [3.05, 3.63) is 36.5 Å². The smallest absolute Gasteiger partial charge is 0.0441 e. The van der Waals surface area contributed by atoms with Crippen LogP contribution in [0.25, 0.3) is 0 Å². The minimum atomic E-state index is 1.10. The minimum absolute atomic E-state index is 1.10. The van der Waals surface area contributed by atoms with Gasteiger partial charge < -0.3 is 0 Å². The van der Waals surface area contributed by atoms with E-state index < -0.39 is 0 Å². The van der Waals surface area contributed by atoms with Crippen molar-refractivity contribution in [3.63, 3.8) is 0 Å². The molecule has 59 valence electrons. The summed E-state index contributed by atoms with van der Waals surface area (Å²) in [6, 6.07) is 6.00. The second kappa shape index (κ2) is 4.89. The lowest BCUT2D eigenvalue weighted by molar-refractivity contribution is 0.786. The van der Waals surface area contributed by atoms with E-state index in [1.54, 1.807) is 0 Å². The molecule has 0 unspecified atom stereocenters. The third kappa shape index (κ3) is 3.17. The van der Waals surface area contributed by atoms with E-state index in [9.17, 15) is 0 Å². The van der Waals surface area contributed by atoms with Crippen LogP contribution in [0.2, 0.25) is 0 Å². The van der Waals surface area contributed by atoms with Crippen LogP contribution in [0.5, 0.6) is 0 Å². The maximum Gasteiger partial charge on any atom is 0.0441 e. The first-order valence-corrected chi connectivity index (χ1v) is 4.17. The van der Waals surface area contributed by atoms with Crippen molar-refractivity contribution >= 4 is 0 Å². The van der Waals surface area contributed by atoms with Crippen molar-refractivity contribution < 1.29 is 0 Å². The Morgan fingerprint density at radius 1 is 1.45 bits per heavy atom. The number of pyridine rings is 1. The van der Waals surface area contributed by atoms with Crippen LogP contribution in [0.15, 0.2) is 24.4 Å². The Morgan fingerprint density at radius 2 is 2.36 bits per heavy atom. The lowest BCUT2D eigenvalue weighted by atomic mass is 10.1. The predicted molar refractivity (Wildman–Crippen MR) is 47.2 cm³/mol. The van der Waals surface area contributed by atoms with E-state index in [1.165, 1.54) is 12.8 Å². The highest BCUT2D eigenvalue weighted by Crippen LogP contribution is 2.04. The fraction of sp³-hybridized carbons (Fsp3) is 0.400. The van der Waals surface area contributed by atoms with Crippen LogP contribution in [0, 0.1) is 6.42 Å². The maximum atomic E-state index is 4.19. The Labute approximate surface area is 68.5 Å². The maximum absolute atomic E-state index is 4.19. The van der Waals surface area contributed by atoms with E-state index in [4.69, 9.17) is 0 Å². The number of rotatable bonds is 4. The fourth-order valence-electron chi connectivity index (χ4n) is 0.951. The van der Waals surface area contributed by atoms with Crippen molar-refractivity contribution in [1.82, 2.24) is 4.98 Å². The van der Waals surface area contributed by atoms with E-state index in [2.05, 4.69) is 18.3 Å². The van der Waals surface area contributed by atoms with Crippen LogP contribution in [-0.2, 0) is 0 Å². The molecule has 1 nitrogen and oxygen atoms in total. The molecular formula is C10H14N. The zero-order valence-corrected chi connectivity index (χ0v) is 6.96. The molecule has 0 aliphatic heterocycles. The summed E-state index contributed by atoms with van der Waals surface area (Å²) in [6.07, 6.45) is 7.68. The molecule has 0 saturated carbocycles. The molecule has 1 heteroatoms. The van der Waals surface area contributed by atoms with Crippen LogP contribution in [0.3, 0.4) is 0 Å². The molecular weight excluding hydrogens is 134 g/mol. The highest BCUT2D eigenvalue weighted by molar-refractivity contribution is 5.12. The normalized spacial score (nSPS) is 9.91. The zero-order chi connectivity index (χ0) is 7.94. The molecule has 1 aromatic heterocycles. The number of aromatic nitrogens is 1. The Balaban J connectivity index is 2.28. The van der Waals surface area contributed by atoms with Gasteiger partial charge in [-0.25, -0.2) is 0 Å². The molecule has 0 N–H and O–H groups in total. The third-order valence-corrected chi connectivity index (χ3v) is 1.60. The van der Waals surface area contributed by atoms with E-state index in [0.717, 1.165) is 12.1 Å². The molecule has 0 spiro atoms. The first-order valence-electron chi connectivity index (χ1n) is 4.17. The van der Waals surface area contributed by atoms with Crippen LogP contribution >= 0.6 is 0 Å². The average molecular weight is 148 g/mol. The lowest BCUT2D eigenvalue weighted by Crippen LogP contribution is -1.85. The van der Waals surface area contributed by atoms with Crippen molar-refractivity contribution in [3.8, 4) is 0 Å². The standard InChI is InChI=1S/C10H14N/c1-2-3-4-7-10-8-5-6-9-11-10/h5-9H,2-4H2,1H3. The Kier molecular flexibility index (Phi) is 3.67. The molecule has 0 aromatic carbocycles. The van der Waals surface area contributed by atoms with Gasteiger partial charge >= 0.3 is 0 Å². The summed E-state index contributed by atoms with van der Waals surface area (Å²) < 4.78 is 0. The summed E-state index contributed by atoms with van der Waals surface area (Å²) in [5, 5.41) is 0. The van der Waals surface area contributed by atoms with Crippen LogP contribution in [-0.4, -0.2) is 4.98 Å². The topological polar surface area (TPSA) is 12.9 Å². The van der Waals surface area contributed by atoms with Gasteiger partial charge in [-0.1, -0.05) is 25.8 Å². The van der Waals surface area contributed by atoms with Gasteiger partial charge in [-0.05, 0) is 18.6 Å². The van der Waals surface area contributed by atoms with Crippen molar-refractivity contribution in [2.24, 2.45) is 0 Å². The van der Waals surface area contributed by atoms with E-state index >= 15 is 0 Å². The zero-order valence-electron chi connectivity index (χ0n) is 6.96. The second-order valence-electron chi connectivity index (χ2n) is 2.60. The molecule has 0 bridgehead atoms. The molecule has 0 aliphatic carbocycles. The largest absolute Gasteiger partial charge is 0.261 e. The van der Waals surface area contributed by atoms with Gasteiger partial charge in [0.05, 0.1) is 0 Å². The lowest BCUT2D eigenvalue weighted by Gasteiger charge is -1.96. The predicted octanol–water partition coefficient (Wildman–Crippen LogP) is 2.82. The number of hydrogen-bond donors (Lipinski definition) is 0. The Morgan fingerprint density at radius 3 is 3.00 bits per heavy atom. The highest BCUT2D eigenvalue weighted by Gasteiger charge is 1.91. The molecule has 0 aliphatic rings. The van der Waals surface area contributed by atoms with Gasteiger partial charge in [-0.2, -0.15) is 0 Å². The SMILES string of the molecule is CCCC[CH]c1ccccn1. The highest BCUT2D eigenvalue weighted by atomic mass is 14.7. The third-order valence-electron chi connectivity index (χ3n) is 1.60. The van der Waals surface area contributed by atoms with E-state index in [1.807, 2.05) is 24.4 Å². The average Bonchev–Trinajstić information content (AvgIpc) is 2.07. The molecule has 1 aromatic rings. The summed E-state index contributed by atoms with van der Waals surface area (Å²) in [5.74, 6) is 0. The quantitative estimate of drug-likeness (QED) is 0.598. The Hall–Kier alpha value is -0.850. The summed E-state index contributed by atoms with van der Waals surface area (Å²) in [6.45, 7) is 2.20. The molecule has 11 heavy (non-hydrogen) atoms. The molecule has 1 radical (unpaired) electrons. The first kappa shape index (κ1) is 8.25. The van der Waals surface area contributed by atoms with Gasteiger partial charge in [-0.15, -0.1) is 0 Å². The molecule has 0 atom stereocenters. The van der Waals surface area contributed by atoms with Gasteiger partial charge in [0.2, 0.25) is 0 Å². The van der Waals surface area contributed by atoms with E-state index in [0.29, 0.717) is 0 Å². The van der Waals surface area contributed by atoms with Gasteiger partial charge in [0.25, 0.3) is 0 Å². The number of nitrogens with zero attached hydrogens (tertiary/aromatic N) is 1. The first-order chi connectivity index (χ1) is 5.43. The number of unbranched alkanes of at least 4 members (excludes halogenated alkanes) is 2. The van der Waals surface area contributed by atoms with Gasteiger partial charge in [0, 0.05) is 18.3 Å². The van der Waals surface area contributed by atoms with Gasteiger partial charge in [0.15, 0.2) is 0 Å². The van der Waals surface area contributed by atoms with Crippen LogP contribution in [0.4, 0.5) is 0 Å². The Bertz CT molecular complexity index is 181. The summed E-state index contributed by atoms with van der Waals surface area (Å²) >= 11 is 0. The summed E-state index contributed by atoms with van der Waals surface area (Å²) in [4.78, 5) is 4.19. The fourth-order valence-corrected chi connectivity index (χ4v) is 0.951. The number of hydrogen-bond acceptors (Lipinski definition) is 1. The van der Waals surface area contributed by atoms with Gasteiger partial charge in [0.1, 0.15) is 0 Å². The van der Waals surface area contributed by atoms with Crippen LogP contribution in [0.1, 0.15) is 31.9 Å². The second-order valence-corrected chi connectivity index (χ2v) is 2.60. The van der Waals surface area contributed by atoms with E-state index in [-0.39, 0.29) is 0 Å². The van der Waals surface area contributed by atoms with Crippen molar-refractivity contribution in [1.29, 1.82) is 0 Å². The van der Waals surface area contributed by atoms with Crippen LogP contribution < -0.4 is 0 Å².